The number of hydrogen-bond donors (Lipinski definition) is 0. The van der Waals surface area contributed by atoms with Crippen molar-refractivity contribution in [1.82, 2.24) is 4.98 Å². The maximum absolute atomic E-state index is 13.4. The van der Waals surface area contributed by atoms with Crippen LogP contribution in [0.2, 0.25) is 0 Å². The Labute approximate surface area is 162 Å². The number of benzene rings is 2. The monoisotopic (exact) mass is 376 g/mol. The number of aromatic nitrogens is 1. The second-order valence-electron chi connectivity index (χ2n) is 6.35. The van der Waals surface area contributed by atoms with Crippen LogP contribution < -0.4 is 9.64 Å². The Bertz CT molecular complexity index is 952. The van der Waals surface area contributed by atoms with Gasteiger partial charge in [0.05, 0.1) is 18.2 Å². The van der Waals surface area contributed by atoms with Crippen molar-refractivity contribution in [2.75, 3.05) is 18.1 Å². The quantitative estimate of drug-likeness (QED) is 0.595. The summed E-state index contributed by atoms with van der Waals surface area (Å²) in [6.07, 6.45) is 2.41. The molecule has 1 unspecified atom stereocenters. The number of carbonyl (C=O) groups excluding carboxylic acids is 1. The molecule has 4 rings (SSSR count). The first-order chi connectivity index (χ1) is 13.3. The first kappa shape index (κ1) is 17.5. The van der Waals surface area contributed by atoms with Gasteiger partial charge in [0.15, 0.2) is 5.13 Å². The Morgan fingerprint density at radius 3 is 2.81 bits per heavy atom. The van der Waals surface area contributed by atoms with Gasteiger partial charge in [-0.1, -0.05) is 54.6 Å². The smallest absolute Gasteiger partial charge is 0.236 e. The molecule has 136 valence electrons. The van der Waals surface area contributed by atoms with Crippen molar-refractivity contribution in [3.05, 3.63) is 78.2 Å². The second kappa shape index (κ2) is 7.76. The summed E-state index contributed by atoms with van der Waals surface area (Å²) < 4.78 is 5.71. The van der Waals surface area contributed by atoms with E-state index in [1.54, 1.807) is 11.0 Å². The summed E-state index contributed by atoms with van der Waals surface area (Å²) >= 11 is 1.48. The second-order valence-corrected chi connectivity index (χ2v) is 7.18. The maximum Gasteiger partial charge on any atom is 0.236 e. The Morgan fingerprint density at radius 2 is 2.00 bits per heavy atom. The minimum atomic E-state index is -0.223. The summed E-state index contributed by atoms with van der Waals surface area (Å²) in [5, 5.41) is 2.69. The molecule has 1 aromatic heterocycles. The van der Waals surface area contributed by atoms with E-state index in [2.05, 4.69) is 6.58 Å². The zero-order chi connectivity index (χ0) is 18.6. The molecule has 1 amide bonds. The van der Waals surface area contributed by atoms with Crippen molar-refractivity contribution in [1.29, 1.82) is 0 Å². The van der Waals surface area contributed by atoms with Crippen LogP contribution in [0.1, 0.15) is 17.9 Å². The molecule has 0 aliphatic carbocycles. The third kappa shape index (κ3) is 3.51. The minimum absolute atomic E-state index is 0.0413. The Kier molecular flexibility index (Phi) is 5.03. The van der Waals surface area contributed by atoms with Crippen LogP contribution in [0.25, 0.3) is 11.3 Å². The summed E-state index contributed by atoms with van der Waals surface area (Å²) in [5.74, 6) is 0.614. The van der Waals surface area contributed by atoms with Gasteiger partial charge in [0.1, 0.15) is 5.75 Å². The van der Waals surface area contributed by atoms with E-state index < -0.39 is 0 Å². The van der Waals surface area contributed by atoms with Gasteiger partial charge < -0.3 is 4.74 Å². The molecule has 1 aliphatic rings. The third-order valence-corrected chi connectivity index (χ3v) is 5.49. The fraction of sp³-hybridized carbons (Fsp3) is 0.182. The fourth-order valence-electron chi connectivity index (χ4n) is 3.31. The van der Waals surface area contributed by atoms with Crippen LogP contribution in [-0.2, 0) is 4.79 Å². The number of carbonyl (C=O) groups is 1. The van der Waals surface area contributed by atoms with Crippen molar-refractivity contribution in [2.45, 2.75) is 12.3 Å². The Morgan fingerprint density at radius 1 is 1.22 bits per heavy atom. The number of amides is 1. The predicted octanol–water partition coefficient (Wildman–Crippen LogP) is 4.90. The standard InChI is InChI=1S/C22H20N2O2S/c1-2-13-24(22-23-19(15-27-22)16-8-4-3-5-9-16)21(25)18-12-14-26-20-11-7-6-10-17(18)20/h2-11,15,18H,1,12-14H2. The molecule has 0 bridgehead atoms. The molecule has 0 saturated carbocycles. The molecule has 2 heterocycles. The fourth-order valence-corrected chi connectivity index (χ4v) is 4.16. The highest BCUT2D eigenvalue weighted by atomic mass is 32.1. The molecular weight excluding hydrogens is 356 g/mol. The van der Waals surface area contributed by atoms with Gasteiger partial charge in [-0.3, -0.25) is 9.69 Å². The van der Waals surface area contributed by atoms with E-state index in [1.807, 2.05) is 60.0 Å². The first-order valence-corrected chi connectivity index (χ1v) is 9.81. The number of rotatable bonds is 5. The highest BCUT2D eigenvalue weighted by molar-refractivity contribution is 7.14. The predicted molar refractivity (Wildman–Crippen MR) is 109 cm³/mol. The van der Waals surface area contributed by atoms with Gasteiger partial charge in [0, 0.05) is 23.1 Å². The summed E-state index contributed by atoms with van der Waals surface area (Å²) in [6, 6.07) is 17.8. The molecule has 1 atom stereocenters. The van der Waals surface area contributed by atoms with Gasteiger partial charge in [0.2, 0.25) is 5.91 Å². The molecule has 3 aromatic rings. The molecule has 0 fully saturated rings. The molecule has 1 aliphatic heterocycles. The van der Waals surface area contributed by atoms with E-state index in [4.69, 9.17) is 9.72 Å². The van der Waals surface area contributed by atoms with Crippen LogP contribution in [0.3, 0.4) is 0 Å². The van der Waals surface area contributed by atoms with Crippen molar-refractivity contribution in [2.24, 2.45) is 0 Å². The zero-order valence-corrected chi connectivity index (χ0v) is 15.7. The molecule has 2 aromatic carbocycles. The highest BCUT2D eigenvalue weighted by Gasteiger charge is 2.32. The Hall–Kier alpha value is -2.92. The lowest BCUT2D eigenvalue weighted by Gasteiger charge is -2.29. The van der Waals surface area contributed by atoms with Crippen LogP contribution in [0, 0.1) is 0 Å². The van der Waals surface area contributed by atoms with Gasteiger partial charge in [0.25, 0.3) is 0 Å². The average molecular weight is 376 g/mol. The molecule has 0 spiro atoms. The molecule has 4 nitrogen and oxygen atoms in total. The summed E-state index contributed by atoms with van der Waals surface area (Å²) in [7, 11) is 0. The summed E-state index contributed by atoms with van der Waals surface area (Å²) in [6.45, 7) is 4.80. The average Bonchev–Trinajstić information content (AvgIpc) is 3.21. The number of nitrogens with zero attached hydrogens (tertiary/aromatic N) is 2. The molecular formula is C22H20N2O2S. The van der Waals surface area contributed by atoms with Gasteiger partial charge in [-0.25, -0.2) is 4.98 Å². The van der Waals surface area contributed by atoms with E-state index in [0.717, 1.165) is 22.6 Å². The summed E-state index contributed by atoms with van der Waals surface area (Å²) in [5.41, 5.74) is 2.87. The largest absolute Gasteiger partial charge is 0.493 e. The maximum atomic E-state index is 13.4. The van der Waals surface area contributed by atoms with E-state index >= 15 is 0 Å². The number of hydrogen-bond acceptors (Lipinski definition) is 4. The lowest BCUT2D eigenvalue weighted by atomic mass is 9.92. The SMILES string of the molecule is C=CCN(C(=O)C1CCOc2ccccc21)c1nc(-c2ccccc2)cs1. The number of thiazole rings is 1. The van der Waals surface area contributed by atoms with Crippen LogP contribution in [0.4, 0.5) is 5.13 Å². The van der Waals surface area contributed by atoms with Gasteiger partial charge in [-0.2, -0.15) is 0 Å². The molecule has 27 heavy (non-hydrogen) atoms. The molecule has 5 heteroatoms. The third-order valence-electron chi connectivity index (χ3n) is 4.63. The number of ether oxygens (including phenoxy) is 1. The normalized spacial score (nSPS) is 15.5. The van der Waals surface area contributed by atoms with E-state index in [0.29, 0.717) is 24.7 Å². The van der Waals surface area contributed by atoms with E-state index in [-0.39, 0.29) is 11.8 Å². The molecule has 0 N–H and O–H groups in total. The molecule has 0 radical (unpaired) electrons. The Balaban J connectivity index is 1.65. The van der Waals surface area contributed by atoms with Gasteiger partial charge in [-0.05, 0) is 12.5 Å². The van der Waals surface area contributed by atoms with Crippen LogP contribution in [0.5, 0.6) is 5.75 Å². The number of anilines is 1. The van der Waals surface area contributed by atoms with Crippen LogP contribution in [-0.4, -0.2) is 24.0 Å². The van der Waals surface area contributed by atoms with Crippen molar-refractivity contribution < 1.29 is 9.53 Å². The van der Waals surface area contributed by atoms with Crippen molar-refractivity contribution in [3.63, 3.8) is 0 Å². The topological polar surface area (TPSA) is 42.4 Å². The first-order valence-electron chi connectivity index (χ1n) is 8.93. The lowest BCUT2D eigenvalue weighted by Crippen LogP contribution is -2.37. The van der Waals surface area contributed by atoms with Crippen molar-refractivity contribution >= 4 is 22.4 Å². The zero-order valence-electron chi connectivity index (χ0n) is 14.9. The molecule has 0 saturated heterocycles. The minimum Gasteiger partial charge on any atom is -0.493 e. The van der Waals surface area contributed by atoms with Gasteiger partial charge >= 0.3 is 0 Å². The van der Waals surface area contributed by atoms with E-state index in [9.17, 15) is 4.79 Å². The number of para-hydroxylation sites is 1. The number of fused-ring (bicyclic) bond motifs is 1. The lowest BCUT2D eigenvalue weighted by molar-refractivity contribution is -0.120. The van der Waals surface area contributed by atoms with E-state index in [1.165, 1.54) is 11.3 Å². The van der Waals surface area contributed by atoms with Crippen molar-refractivity contribution in [3.8, 4) is 17.0 Å². The highest BCUT2D eigenvalue weighted by Crippen LogP contribution is 2.36. The van der Waals surface area contributed by atoms with Crippen LogP contribution >= 0.6 is 11.3 Å². The van der Waals surface area contributed by atoms with Crippen LogP contribution in [0.15, 0.2) is 72.6 Å². The summed E-state index contributed by atoms with van der Waals surface area (Å²) in [4.78, 5) is 19.8. The van der Waals surface area contributed by atoms with Gasteiger partial charge in [-0.15, -0.1) is 17.9 Å².